The monoisotopic (exact) mass is 380 g/mol. The first-order chi connectivity index (χ1) is 13.4. The van der Waals surface area contributed by atoms with Crippen LogP contribution < -0.4 is 11.1 Å². The number of hydrogen-bond acceptors (Lipinski definition) is 4. The van der Waals surface area contributed by atoms with Gasteiger partial charge in [-0.3, -0.25) is 14.6 Å². The van der Waals surface area contributed by atoms with Gasteiger partial charge < -0.3 is 16.0 Å². The zero-order chi connectivity index (χ0) is 20.1. The summed E-state index contributed by atoms with van der Waals surface area (Å²) >= 11 is 0. The molecular formula is C22H28N4O2. The first-order valence-electron chi connectivity index (χ1n) is 9.68. The zero-order valence-corrected chi connectivity index (χ0v) is 16.5. The summed E-state index contributed by atoms with van der Waals surface area (Å²) in [5.74, 6) is 0.112. The molecule has 0 spiro atoms. The first kappa shape index (κ1) is 20.0. The van der Waals surface area contributed by atoms with E-state index in [9.17, 15) is 9.59 Å². The largest absolute Gasteiger partial charge is 0.337 e. The highest BCUT2D eigenvalue weighted by molar-refractivity contribution is 6.04. The van der Waals surface area contributed by atoms with Crippen LogP contribution >= 0.6 is 0 Å². The van der Waals surface area contributed by atoms with Crippen molar-refractivity contribution in [2.75, 3.05) is 18.4 Å². The van der Waals surface area contributed by atoms with Gasteiger partial charge in [0, 0.05) is 42.7 Å². The van der Waals surface area contributed by atoms with Crippen LogP contribution in [0.1, 0.15) is 42.6 Å². The van der Waals surface area contributed by atoms with Crippen LogP contribution in [0.3, 0.4) is 0 Å². The minimum atomic E-state index is -0.197. The maximum Gasteiger partial charge on any atom is 0.255 e. The number of hydrogen-bond donors (Lipinski definition) is 2. The molecule has 1 fully saturated rings. The molecule has 3 N–H and O–H groups in total. The van der Waals surface area contributed by atoms with Gasteiger partial charge in [-0.1, -0.05) is 32.0 Å². The zero-order valence-electron chi connectivity index (χ0n) is 16.5. The fourth-order valence-electron chi connectivity index (χ4n) is 3.06. The highest BCUT2D eigenvalue weighted by Crippen LogP contribution is 2.33. The average Bonchev–Trinajstić information content (AvgIpc) is 3.54. The molecule has 1 saturated carbocycles. The lowest BCUT2D eigenvalue weighted by molar-refractivity contribution is -0.134. The molecule has 0 bridgehead atoms. The third-order valence-corrected chi connectivity index (χ3v) is 4.98. The van der Waals surface area contributed by atoms with Crippen molar-refractivity contribution < 1.29 is 9.59 Å². The van der Waals surface area contributed by atoms with E-state index in [0.29, 0.717) is 30.9 Å². The van der Waals surface area contributed by atoms with Gasteiger partial charge in [-0.2, -0.15) is 0 Å². The van der Waals surface area contributed by atoms with Crippen molar-refractivity contribution in [3.63, 3.8) is 0 Å². The second-order valence-corrected chi connectivity index (χ2v) is 8.18. The van der Waals surface area contributed by atoms with Gasteiger partial charge in [0.2, 0.25) is 5.91 Å². The lowest BCUT2D eigenvalue weighted by Gasteiger charge is -2.32. The Morgan fingerprint density at radius 2 is 1.86 bits per heavy atom. The summed E-state index contributed by atoms with van der Waals surface area (Å²) < 4.78 is 0. The number of benzene rings is 1. The van der Waals surface area contributed by atoms with Gasteiger partial charge in [0.25, 0.3) is 5.91 Å². The van der Waals surface area contributed by atoms with Gasteiger partial charge in [0.05, 0.1) is 0 Å². The highest BCUT2D eigenvalue weighted by Gasteiger charge is 2.35. The Bertz CT molecular complexity index is 831. The Morgan fingerprint density at radius 1 is 1.18 bits per heavy atom. The summed E-state index contributed by atoms with van der Waals surface area (Å²) in [7, 11) is 0. The number of nitrogens with zero attached hydrogens (tertiary/aromatic N) is 2. The molecule has 0 unspecified atom stereocenters. The Hall–Kier alpha value is -2.73. The normalized spacial score (nSPS) is 13.8. The molecule has 0 aliphatic heterocycles. The van der Waals surface area contributed by atoms with E-state index in [4.69, 9.17) is 5.73 Å². The fraction of sp³-hybridized carbons (Fsp3) is 0.409. The fourth-order valence-corrected chi connectivity index (χ4v) is 3.06. The molecule has 1 heterocycles. The number of aromatic nitrogens is 1. The van der Waals surface area contributed by atoms with E-state index in [1.165, 1.54) is 0 Å². The van der Waals surface area contributed by atoms with Crippen molar-refractivity contribution in [1.29, 1.82) is 0 Å². The highest BCUT2D eigenvalue weighted by atomic mass is 16.2. The Morgan fingerprint density at radius 3 is 2.50 bits per heavy atom. The number of pyridine rings is 1. The SMILES string of the molecule is CC(C)(CN)CN(Cc1ccccc1NC(=O)c1ccncc1)C(=O)C1CC1. The standard InChI is InChI=1S/C22H28N4O2/c1-22(2,14-23)15-26(21(28)17-7-8-17)13-18-5-3-4-6-19(18)25-20(27)16-9-11-24-12-10-16/h3-6,9-12,17H,7-8,13-15,23H2,1-2H3,(H,25,27). The number of amides is 2. The molecule has 6 heteroatoms. The number of para-hydroxylation sites is 1. The number of carbonyl (C=O) groups excluding carboxylic acids is 2. The van der Waals surface area contributed by atoms with E-state index in [1.807, 2.05) is 29.2 Å². The molecule has 1 aromatic heterocycles. The van der Waals surface area contributed by atoms with E-state index in [2.05, 4.69) is 24.1 Å². The van der Waals surface area contributed by atoms with Crippen LogP contribution in [-0.4, -0.2) is 34.8 Å². The Kier molecular flexibility index (Phi) is 6.09. The molecule has 2 aromatic rings. The number of anilines is 1. The second kappa shape index (κ2) is 8.52. The molecule has 6 nitrogen and oxygen atoms in total. The van der Waals surface area contributed by atoms with Gasteiger partial charge in [-0.05, 0) is 48.6 Å². The molecule has 1 aliphatic carbocycles. The quantitative estimate of drug-likeness (QED) is 0.737. The molecule has 2 amide bonds. The maximum absolute atomic E-state index is 12.8. The van der Waals surface area contributed by atoms with Crippen molar-refractivity contribution in [2.45, 2.75) is 33.2 Å². The van der Waals surface area contributed by atoms with Crippen molar-refractivity contribution in [3.05, 3.63) is 59.9 Å². The molecule has 0 atom stereocenters. The molecule has 1 aliphatic rings. The van der Waals surface area contributed by atoms with Gasteiger partial charge in [0.15, 0.2) is 0 Å². The van der Waals surface area contributed by atoms with Gasteiger partial charge in [-0.15, -0.1) is 0 Å². The third-order valence-electron chi connectivity index (χ3n) is 4.98. The number of nitrogens with two attached hydrogens (primary N) is 1. The van der Waals surface area contributed by atoms with Crippen LogP contribution in [0.25, 0.3) is 0 Å². The summed E-state index contributed by atoms with van der Waals surface area (Å²) in [6.45, 7) is 5.67. The van der Waals surface area contributed by atoms with Crippen LogP contribution in [0.5, 0.6) is 0 Å². The lowest BCUT2D eigenvalue weighted by Crippen LogP contribution is -2.42. The Labute approximate surface area is 166 Å². The molecule has 148 valence electrons. The van der Waals surface area contributed by atoms with Crippen LogP contribution in [0, 0.1) is 11.3 Å². The summed E-state index contributed by atoms with van der Waals surface area (Å²) in [6, 6.07) is 11.0. The Balaban J connectivity index is 1.79. The van der Waals surface area contributed by atoms with Crippen LogP contribution in [0.2, 0.25) is 0 Å². The van der Waals surface area contributed by atoms with Crippen molar-refractivity contribution in [1.82, 2.24) is 9.88 Å². The molecule has 0 radical (unpaired) electrons. The van der Waals surface area contributed by atoms with Gasteiger partial charge in [-0.25, -0.2) is 0 Å². The van der Waals surface area contributed by atoms with Gasteiger partial charge in [0.1, 0.15) is 0 Å². The molecule has 3 rings (SSSR count). The van der Waals surface area contributed by atoms with E-state index in [1.54, 1.807) is 24.5 Å². The van der Waals surface area contributed by atoms with E-state index < -0.39 is 0 Å². The summed E-state index contributed by atoms with van der Waals surface area (Å²) in [5.41, 5.74) is 7.90. The first-order valence-corrected chi connectivity index (χ1v) is 9.68. The smallest absolute Gasteiger partial charge is 0.255 e. The topological polar surface area (TPSA) is 88.3 Å². The maximum atomic E-state index is 12.8. The van der Waals surface area contributed by atoms with Crippen LogP contribution in [0.15, 0.2) is 48.8 Å². The summed E-state index contributed by atoms with van der Waals surface area (Å²) in [6.07, 6.45) is 5.09. The third kappa shape index (κ3) is 5.16. The van der Waals surface area contributed by atoms with Gasteiger partial charge >= 0.3 is 0 Å². The summed E-state index contributed by atoms with van der Waals surface area (Å²) in [4.78, 5) is 31.2. The van der Waals surface area contributed by atoms with E-state index in [-0.39, 0.29) is 23.1 Å². The van der Waals surface area contributed by atoms with E-state index >= 15 is 0 Å². The van der Waals surface area contributed by atoms with Crippen molar-refractivity contribution in [3.8, 4) is 0 Å². The van der Waals surface area contributed by atoms with Crippen LogP contribution in [0.4, 0.5) is 5.69 Å². The minimum absolute atomic E-state index is 0.132. The summed E-state index contributed by atoms with van der Waals surface area (Å²) in [5, 5.41) is 2.96. The van der Waals surface area contributed by atoms with Crippen molar-refractivity contribution in [2.24, 2.45) is 17.1 Å². The number of rotatable bonds is 8. The molecule has 28 heavy (non-hydrogen) atoms. The molecule has 0 saturated heterocycles. The predicted molar refractivity (Wildman–Crippen MR) is 110 cm³/mol. The average molecular weight is 380 g/mol. The second-order valence-electron chi connectivity index (χ2n) is 8.18. The number of nitrogens with one attached hydrogen (secondary N) is 1. The van der Waals surface area contributed by atoms with Crippen LogP contribution in [-0.2, 0) is 11.3 Å². The molecule has 1 aromatic carbocycles. The minimum Gasteiger partial charge on any atom is -0.337 e. The molecular weight excluding hydrogens is 352 g/mol. The van der Waals surface area contributed by atoms with Crippen molar-refractivity contribution >= 4 is 17.5 Å². The predicted octanol–water partition coefficient (Wildman–Crippen LogP) is 3.06. The number of carbonyl (C=O) groups is 2. The van der Waals surface area contributed by atoms with E-state index in [0.717, 1.165) is 18.4 Å². The lowest BCUT2D eigenvalue weighted by atomic mass is 9.92.